The quantitative estimate of drug-likeness (QED) is 0.881. The summed E-state index contributed by atoms with van der Waals surface area (Å²) in [6, 6.07) is 8.15. The number of halogens is 1. The highest BCUT2D eigenvalue weighted by atomic mass is 35.5. The summed E-state index contributed by atoms with van der Waals surface area (Å²) < 4.78 is 0. The molecule has 3 rings (SSSR count). The van der Waals surface area contributed by atoms with E-state index in [9.17, 15) is 4.79 Å². The van der Waals surface area contributed by atoms with Crippen molar-refractivity contribution in [1.82, 2.24) is 10.3 Å². The second-order valence-corrected chi connectivity index (χ2v) is 6.36. The van der Waals surface area contributed by atoms with Crippen molar-refractivity contribution in [3.8, 4) is 10.6 Å². The van der Waals surface area contributed by atoms with Crippen LogP contribution in [0.1, 0.15) is 28.9 Å². The molecule has 4 nitrogen and oxygen atoms in total. The maximum atomic E-state index is 12.3. The lowest BCUT2D eigenvalue weighted by atomic mass is 10.1. The van der Waals surface area contributed by atoms with E-state index in [0.29, 0.717) is 18.2 Å². The smallest absolute Gasteiger partial charge is 0.271 e. The number of nitrogens with one attached hydrogen (secondary N) is 1. The van der Waals surface area contributed by atoms with Crippen molar-refractivity contribution in [2.75, 3.05) is 6.54 Å². The van der Waals surface area contributed by atoms with Gasteiger partial charge in [-0.25, -0.2) is 4.98 Å². The fourth-order valence-corrected chi connectivity index (χ4v) is 3.31. The molecular formula is C16H20ClN3OS. The Morgan fingerprint density at radius 1 is 1.45 bits per heavy atom. The fourth-order valence-electron chi connectivity index (χ4n) is 2.42. The molecule has 0 bridgehead atoms. The first-order chi connectivity index (χ1) is 10.2. The third-order valence-electron chi connectivity index (χ3n) is 3.87. The minimum Gasteiger partial charge on any atom is -0.346 e. The average Bonchev–Trinajstić information content (AvgIpc) is 3.21. The SMILES string of the molecule is Cc1ccccc1-c1nc(C(=O)NC(CN)C2CC2)cs1.Cl. The van der Waals surface area contributed by atoms with E-state index in [1.165, 1.54) is 11.3 Å². The Kier molecular flexibility index (Phi) is 5.56. The fraction of sp³-hybridized carbons (Fsp3) is 0.375. The number of aryl methyl sites for hydroxylation is 1. The zero-order valence-corrected chi connectivity index (χ0v) is 14.0. The molecule has 1 amide bonds. The van der Waals surface area contributed by atoms with Gasteiger partial charge >= 0.3 is 0 Å². The first kappa shape index (κ1) is 16.9. The molecule has 0 saturated heterocycles. The third kappa shape index (κ3) is 3.66. The van der Waals surface area contributed by atoms with E-state index in [1.807, 2.05) is 36.6 Å². The van der Waals surface area contributed by atoms with Crippen molar-refractivity contribution in [1.29, 1.82) is 0 Å². The average molecular weight is 338 g/mol. The number of hydrogen-bond donors (Lipinski definition) is 2. The van der Waals surface area contributed by atoms with Crippen molar-refractivity contribution in [2.24, 2.45) is 11.7 Å². The van der Waals surface area contributed by atoms with Gasteiger partial charge in [-0.05, 0) is 31.2 Å². The highest BCUT2D eigenvalue weighted by molar-refractivity contribution is 7.13. The van der Waals surface area contributed by atoms with E-state index < -0.39 is 0 Å². The third-order valence-corrected chi connectivity index (χ3v) is 4.75. The monoisotopic (exact) mass is 337 g/mol. The summed E-state index contributed by atoms with van der Waals surface area (Å²) in [7, 11) is 0. The molecular weight excluding hydrogens is 318 g/mol. The molecule has 1 saturated carbocycles. The molecule has 1 atom stereocenters. The summed E-state index contributed by atoms with van der Waals surface area (Å²) in [5.74, 6) is 0.432. The standard InChI is InChI=1S/C16H19N3OS.ClH/c1-10-4-2-3-5-12(10)16-19-14(9-21-16)15(20)18-13(8-17)11-6-7-11;/h2-5,9,11,13H,6-8,17H2,1H3,(H,18,20);1H. The van der Waals surface area contributed by atoms with Crippen LogP contribution in [0.5, 0.6) is 0 Å². The second kappa shape index (κ2) is 7.22. The number of benzene rings is 1. The molecule has 22 heavy (non-hydrogen) atoms. The topological polar surface area (TPSA) is 68.0 Å². The largest absolute Gasteiger partial charge is 0.346 e. The maximum absolute atomic E-state index is 12.3. The van der Waals surface area contributed by atoms with Gasteiger partial charge in [0.15, 0.2) is 0 Å². The number of aromatic nitrogens is 1. The molecule has 0 spiro atoms. The molecule has 6 heteroatoms. The molecule has 0 radical (unpaired) electrons. The van der Waals surface area contributed by atoms with E-state index in [2.05, 4.69) is 10.3 Å². The van der Waals surface area contributed by atoms with Crippen LogP contribution < -0.4 is 11.1 Å². The van der Waals surface area contributed by atoms with Gasteiger partial charge in [-0.1, -0.05) is 24.3 Å². The first-order valence-electron chi connectivity index (χ1n) is 7.21. The summed E-state index contributed by atoms with van der Waals surface area (Å²) in [5, 5.41) is 5.70. The van der Waals surface area contributed by atoms with Gasteiger partial charge in [-0.15, -0.1) is 23.7 Å². The minimum absolute atomic E-state index is 0. The van der Waals surface area contributed by atoms with Gasteiger partial charge in [0.1, 0.15) is 10.7 Å². The zero-order valence-electron chi connectivity index (χ0n) is 12.4. The van der Waals surface area contributed by atoms with Crippen LogP contribution in [0.4, 0.5) is 0 Å². The molecule has 3 N–H and O–H groups in total. The number of carbonyl (C=O) groups is 1. The second-order valence-electron chi connectivity index (χ2n) is 5.51. The molecule has 118 valence electrons. The summed E-state index contributed by atoms with van der Waals surface area (Å²) in [4.78, 5) is 16.7. The Hall–Kier alpha value is -1.43. The van der Waals surface area contributed by atoms with Gasteiger partial charge in [0.05, 0.1) is 0 Å². The normalized spacial score (nSPS) is 15.0. The molecule has 1 aliphatic carbocycles. The van der Waals surface area contributed by atoms with E-state index in [1.54, 1.807) is 0 Å². The lowest BCUT2D eigenvalue weighted by Crippen LogP contribution is -2.41. The number of nitrogens with two attached hydrogens (primary N) is 1. The van der Waals surface area contributed by atoms with Gasteiger partial charge < -0.3 is 11.1 Å². The van der Waals surface area contributed by atoms with Crippen molar-refractivity contribution in [3.63, 3.8) is 0 Å². The molecule has 1 heterocycles. The van der Waals surface area contributed by atoms with Crippen LogP contribution >= 0.6 is 23.7 Å². The van der Waals surface area contributed by atoms with Crippen LogP contribution in [0, 0.1) is 12.8 Å². The number of amides is 1. The van der Waals surface area contributed by atoms with Crippen LogP contribution in [-0.2, 0) is 0 Å². The Labute approximate surface area is 140 Å². The molecule has 1 fully saturated rings. The van der Waals surface area contributed by atoms with E-state index in [-0.39, 0.29) is 24.4 Å². The van der Waals surface area contributed by atoms with Crippen molar-refractivity contribution < 1.29 is 4.79 Å². The van der Waals surface area contributed by atoms with Gasteiger partial charge in [-0.2, -0.15) is 0 Å². The van der Waals surface area contributed by atoms with Crippen molar-refractivity contribution in [3.05, 3.63) is 40.9 Å². The van der Waals surface area contributed by atoms with Crippen LogP contribution in [0.3, 0.4) is 0 Å². The van der Waals surface area contributed by atoms with E-state index in [4.69, 9.17) is 5.73 Å². The van der Waals surface area contributed by atoms with Crippen LogP contribution in [0.25, 0.3) is 10.6 Å². The Morgan fingerprint density at radius 3 is 2.82 bits per heavy atom. The van der Waals surface area contributed by atoms with Gasteiger partial charge in [0, 0.05) is 23.5 Å². The van der Waals surface area contributed by atoms with Crippen LogP contribution in [0.15, 0.2) is 29.6 Å². The van der Waals surface area contributed by atoms with E-state index >= 15 is 0 Å². The summed E-state index contributed by atoms with van der Waals surface area (Å²) in [5.41, 5.74) is 8.45. The lowest BCUT2D eigenvalue weighted by Gasteiger charge is -2.14. The molecule has 1 aromatic carbocycles. The lowest BCUT2D eigenvalue weighted by molar-refractivity contribution is 0.0929. The van der Waals surface area contributed by atoms with Crippen molar-refractivity contribution >= 4 is 29.7 Å². The molecule has 1 aliphatic rings. The highest BCUT2D eigenvalue weighted by Crippen LogP contribution is 2.32. The predicted molar refractivity (Wildman–Crippen MR) is 92.6 cm³/mol. The number of nitrogens with zero attached hydrogens (tertiary/aromatic N) is 1. The van der Waals surface area contributed by atoms with Crippen molar-refractivity contribution in [2.45, 2.75) is 25.8 Å². The Balaban J connectivity index is 0.00000176. The van der Waals surface area contributed by atoms with Gasteiger partial charge in [0.2, 0.25) is 0 Å². The van der Waals surface area contributed by atoms with Gasteiger partial charge in [-0.3, -0.25) is 4.79 Å². The highest BCUT2D eigenvalue weighted by Gasteiger charge is 2.31. The Bertz CT molecular complexity index is 654. The predicted octanol–water partition coefficient (Wildman–Crippen LogP) is 3.01. The number of carbonyl (C=O) groups excluding carboxylic acids is 1. The zero-order chi connectivity index (χ0) is 14.8. The van der Waals surface area contributed by atoms with Crippen LogP contribution in [-0.4, -0.2) is 23.5 Å². The van der Waals surface area contributed by atoms with E-state index in [0.717, 1.165) is 29.0 Å². The number of rotatable bonds is 5. The molecule has 1 unspecified atom stereocenters. The number of thiazole rings is 1. The first-order valence-corrected chi connectivity index (χ1v) is 8.09. The van der Waals surface area contributed by atoms with Gasteiger partial charge in [0.25, 0.3) is 5.91 Å². The Morgan fingerprint density at radius 2 is 2.18 bits per heavy atom. The summed E-state index contributed by atoms with van der Waals surface area (Å²) in [6.45, 7) is 2.54. The molecule has 0 aliphatic heterocycles. The summed E-state index contributed by atoms with van der Waals surface area (Å²) >= 11 is 1.50. The summed E-state index contributed by atoms with van der Waals surface area (Å²) in [6.07, 6.45) is 2.32. The van der Waals surface area contributed by atoms with Crippen LogP contribution in [0.2, 0.25) is 0 Å². The molecule has 1 aromatic heterocycles. The minimum atomic E-state index is -0.117. The molecule has 2 aromatic rings. The number of hydrogen-bond acceptors (Lipinski definition) is 4. The maximum Gasteiger partial charge on any atom is 0.271 e.